The number of fused-ring (bicyclic) bond motifs is 1. The first-order chi connectivity index (χ1) is 6.99. The zero-order valence-corrected chi connectivity index (χ0v) is 10.1. The molecule has 1 aliphatic rings. The van der Waals surface area contributed by atoms with Gasteiger partial charge in [0, 0.05) is 0 Å². The fourth-order valence-electron chi connectivity index (χ4n) is 2.72. The number of phenolic OH excluding ortho intramolecular Hbond substituents is 1. The second-order valence-electron chi connectivity index (χ2n) is 5.09. The van der Waals surface area contributed by atoms with E-state index in [9.17, 15) is 5.11 Å². The second-order valence-corrected chi connectivity index (χ2v) is 5.09. The van der Waals surface area contributed by atoms with Gasteiger partial charge in [-0.05, 0) is 66.8 Å². The topological polar surface area (TPSA) is 20.2 Å². The molecular weight excluding hydrogens is 184 g/mol. The van der Waals surface area contributed by atoms with Gasteiger partial charge in [0.2, 0.25) is 0 Å². The predicted molar refractivity (Wildman–Crippen MR) is 63.5 cm³/mol. The van der Waals surface area contributed by atoms with Crippen LogP contribution in [0.1, 0.15) is 48.9 Å². The molecule has 1 N–H and O–H groups in total. The Hall–Kier alpha value is -0.980. The molecule has 82 valence electrons. The van der Waals surface area contributed by atoms with Crippen molar-refractivity contribution in [3.05, 3.63) is 28.3 Å². The predicted octanol–water partition coefficient (Wildman–Crippen LogP) is 3.62. The largest absolute Gasteiger partial charge is 0.508 e. The van der Waals surface area contributed by atoms with Gasteiger partial charge >= 0.3 is 0 Å². The van der Waals surface area contributed by atoms with Gasteiger partial charge in [-0.3, -0.25) is 0 Å². The number of benzene rings is 1. The number of hydrogen-bond donors (Lipinski definition) is 1. The van der Waals surface area contributed by atoms with Gasteiger partial charge in [0.1, 0.15) is 5.75 Å². The first-order valence-corrected chi connectivity index (χ1v) is 5.82. The standard InChI is InChI=1S/C14H20O/c1-5-14(4)7-6-11-9(2)10(3)13(15)8-12(11)14/h8,15H,5-7H2,1-4H3. The highest BCUT2D eigenvalue weighted by molar-refractivity contribution is 5.52. The van der Waals surface area contributed by atoms with Crippen LogP contribution in [0.5, 0.6) is 5.75 Å². The van der Waals surface area contributed by atoms with Crippen molar-refractivity contribution in [1.29, 1.82) is 0 Å². The van der Waals surface area contributed by atoms with E-state index in [1.165, 1.54) is 29.5 Å². The van der Waals surface area contributed by atoms with Crippen LogP contribution < -0.4 is 0 Å². The highest BCUT2D eigenvalue weighted by Crippen LogP contribution is 2.45. The minimum atomic E-state index is 0.283. The zero-order valence-electron chi connectivity index (χ0n) is 10.1. The van der Waals surface area contributed by atoms with Crippen LogP contribution in [0.2, 0.25) is 0 Å². The van der Waals surface area contributed by atoms with Gasteiger partial charge in [-0.15, -0.1) is 0 Å². The molecule has 1 heteroatoms. The van der Waals surface area contributed by atoms with Crippen molar-refractivity contribution in [3.8, 4) is 5.75 Å². The summed E-state index contributed by atoms with van der Waals surface area (Å²) in [4.78, 5) is 0. The molecule has 0 fully saturated rings. The summed E-state index contributed by atoms with van der Waals surface area (Å²) in [6, 6.07) is 1.99. The summed E-state index contributed by atoms with van der Waals surface area (Å²) < 4.78 is 0. The Bertz CT molecular complexity index is 406. The maximum atomic E-state index is 9.89. The first kappa shape index (κ1) is 10.5. The molecule has 0 radical (unpaired) electrons. The van der Waals surface area contributed by atoms with Gasteiger partial charge in [-0.25, -0.2) is 0 Å². The smallest absolute Gasteiger partial charge is 0.119 e. The summed E-state index contributed by atoms with van der Waals surface area (Å²) in [5.41, 5.74) is 5.49. The molecule has 0 aliphatic heterocycles. The lowest BCUT2D eigenvalue weighted by Crippen LogP contribution is -2.16. The molecule has 1 unspecified atom stereocenters. The number of hydrogen-bond acceptors (Lipinski definition) is 1. The van der Waals surface area contributed by atoms with E-state index in [1.54, 1.807) is 0 Å². The van der Waals surface area contributed by atoms with E-state index in [-0.39, 0.29) is 5.41 Å². The van der Waals surface area contributed by atoms with Crippen LogP contribution in [0, 0.1) is 13.8 Å². The van der Waals surface area contributed by atoms with Gasteiger partial charge in [0.05, 0.1) is 0 Å². The summed E-state index contributed by atoms with van der Waals surface area (Å²) >= 11 is 0. The molecule has 15 heavy (non-hydrogen) atoms. The summed E-state index contributed by atoms with van der Waals surface area (Å²) in [6.07, 6.45) is 3.55. The van der Waals surface area contributed by atoms with Gasteiger partial charge in [-0.1, -0.05) is 13.8 Å². The molecule has 2 rings (SSSR count). The summed E-state index contributed by atoms with van der Waals surface area (Å²) in [5, 5.41) is 9.89. The van der Waals surface area contributed by atoms with Crippen molar-refractivity contribution in [1.82, 2.24) is 0 Å². The van der Waals surface area contributed by atoms with Crippen LogP contribution in [-0.4, -0.2) is 5.11 Å². The van der Waals surface area contributed by atoms with Crippen LogP contribution in [0.15, 0.2) is 6.07 Å². The van der Waals surface area contributed by atoms with Crippen LogP contribution >= 0.6 is 0 Å². The average molecular weight is 204 g/mol. The van der Waals surface area contributed by atoms with Gasteiger partial charge in [-0.2, -0.15) is 0 Å². The van der Waals surface area contributed by atoms with Crippen LogP contribution in [0.3, 0.4) is 0 Å². The third-order valence-electron chi connectivity index (χ3n) is 4.36. The van der Waals surface area contributed by atoms with Crippen LogP contribution in [0.4, 0.5) is 0 Å². The Morgan fingerprint density at radius 3 is 2.60 bits per heavy atom. The Kier molecular flexibility index (Phi) is 2.29. The lowest BCUT2D eigenvalue weighted by atomic mass is 9.81. The van der Waals surface area contributed by atoms with E-state index in [0.29, 0.717) is 5.75 Å². The molecule has 0 bridgehead atoms. The van der Waals surface area contributed by atoms with E-state index >= 15 is 0 Å². The van der Waals surface area contributed by atoms with Gasteiger partial charge in [0.25, 0.3) is 0 Å². The van der Waals surface area contributed by atoms with Crippen molar-refractivity contribution in [2.75, 3.05) is 0 Å². The molecule has 1 aromatic rings. The maximum Gasteiger partial charge on any atom is 0.119 e. The monoisotopic (exact) mass is 204 g/mol. The first-order valence-electron chi connectivity index (χ1n) is 5.82. The Morgan fingerprint density at radius 1 is 1.33 bits per heavy atom. The highest BCUT2D eigenvalue weighted by Gasteiger charge is 2.34. The minimum absolute atomic E-state index is 0.283. The minimum Gasteiger partial charge on any atom is -0.508 e. The molecule has 0 saturated carbocycles. The maximum absolute atomic E-state index is 9.89. The molecule has 0 spiro atoms. The molecule has 1 atom stereocenters. The molecule has 0 amide bonds. The van der Waals surface area contributed by atoms with Crippen molar-refractivity contribution >= 4 is 0 Å². The normalized spacial score (nSPS) is 24.3. The molecular formula is C14H20O. The zero-order chi connectivity index (χ0) is 11.2. The molecule has 0 saturated heterocycles. The van der Waals surface area contributed by atoms with Crippen molar-refractivity contribution in [2.24, 2.45) is 0 Å². The van der Waals surface area contributed by atoms with Crippen molar-refractivity contribution in [2.45, 2.75) is 52.4 Å². The lowest BCUT2D eigenvalue weighted by molar-refractivity contribution is 0.443. The average Bonchev–Trinajstić information content (AvgIpc) is 2.55. The molecule has 1 nitrogen and oxygen atoms in total. The summed E-state index contributed by atoms with van der Waals surface area (Å²) in [6.45, 7) is 8.69. The Morgan fingerprint density at radius 2 is 2.00 bits per heavy atom. The van der Waals surface area contributed by atoms with E-state index in [4.69, 9.17) is 0 Å². The third-order valence-corrected chi connectivity index (χ3v) is 4.36. The number of rotatable bonds is 1. The van der Waals surface area contributed by atoms with Gasteiger partial charge in [0.15, 0.2) is 0 Å². The van der Waals surface area contributed by atoms with E-state index < -0.39 is 0 Å². The Balaban J connectivity index is 2.66. The number of aromatic hydroxyl groups is 1. The van der Waals surface area contributed by atoms with E-state index in [1.807, 2.05) is 13.0 Å². The van der Waals surface area contributed by atoms with E-state index in [2.05, 4.69) is 20.8 Å². The third kappa shape index (κ3) is 1.37. The Labute approximate surface area is 92.1 Å². The molecule has 1 aromatic carbocycles. The SMILES string of the molecule is CCC1(C)CCc2c1cc(O)c(C)c2C. The molecule has 1 aliphatic carbocycles. The lowest BCUT2D eigenvalue weighted by Gasteiger charge is -2.24. The van der Waals surface area contributed by atoms with E-state index in [0.717, 1.165) is 12.0 Å². The number of phenols is 1. The van der Waals surface area contributed by atoms with Gasteiger partial charge < -0.3 is 5.11 Å². The molecule has 0 heterocycles. The summed E-state index contributed by atoms with van der Waals surface area (Å²) in [5.74, 6) is 0.466. The highest BCUT2D eigenvalue weighted by atomic mass is 16.3. The van der Waals surface area contributed by atoms with Crippen molar-refractivity contribution < 1.29 is 5.11 Å². The van der Waals surface area contributed by atoms with Crippen LogP contribution in [0.25, 0.3) is 0 Å². The fourth-order valence-corrected chi connectivity index (χ4v) is 2.72. The second kappa shape index (κ2) is 3.26. The molecule has 0 aromatic heterocycles. The van der Waals surface area contributed by atoms with Crippen molar-refractivity contribution in [3.63, 3.8) is 0 Å². The fraction of sp³-hybridized carbons (Fsp3) is 0.571. The summed E-state index contributed by atoms with van der Waals surface area (Å²) in [7, 11) is 0. The van der Waals surface area contributed by atoms with Crippen LogP contribution in [-0.2, 0) is 11.8 Å². The quantitative estimate of drug-likeness (QED) is 0.740.